The van der Waals surface area contributed by atoms with E-state index in [0.29, 0.717) is 10.9 Å². The Morgan fingerprint density at radius 3 is 2.82 bits per heavy atom. The first-order valence-corrected chi connectivity index (χ1v) is 9.50. The number of ether oxygens (including phenoxy) is 1. The van der Waals surface area contributed by atoms with Gasteiger partial charge in [0.1, 0.15) is 11.0 Å². The highest BCUT2D eigenvalue weighted by Crippen LogP contribution is 2.23. The summed E-state index contributed by atoms with van der Waals surface area (Å²) in [6.45, 7) is 1.97. The number of hydrogen-bond donors (Lipinski definition) is 2. The lowest BCUT2D eigenvalue weighted by Crippen LogP contribution is -2.28. The van der Waals surface area contributed by atoms with Crippen molar-refractivity contribution in [3.05, 3.63) is 59.7 Å². The Balaban J connectivity index is 1.55. The van der Waals surface area contributed by atoms with Gasteiger partial charge in [-0.25, -0.2) is 0 Å². The van der Waals surface area contributed by atoms with Crippen LogP contribution in [0.2, 0.25) is 0 Å². The van der Waals surface area contributed by atoms with Gasteiger partial charge in [0.25, 0.3) is 0 Å². The third-order valence-corrected chi connectivity index (χ3v) is 5.00. The molecule has 28 heavy (non-hydrogen) atoms. The van der Waals surface area contributed by atoms with E-state index in [1.54, 1.807) is 13.3 Å². The van der Waals surface area contributed by atoms with Crippen LogP contribution < -0.4 is 15.4 Å². The van der Waals surface area contributed by atoms with Gasteiger partial charge in [0.2, 0.25) is 11.8 Å². The van der Waals surface area contributed by atoms with Crippen molar-refractivity contribution in [1.29, 1.82) is 0 Å². The Hall–Kier alpha value is -3.13. The van der Waals surface area contributed by atoms with Gasteiger partial charge in [0, 0.05) is 12.1 Å². The molecule has 0 saturated carbocycles. The summed E-state index contributed by atoms with van der Waals surface area (Å²) >= 11 is 1.19. The van der Waals surface area contributed by atoms with Gasteiger partial charge in [-0.05, 0) is 36.8 Å². The third kappa shape index (κ3) is 5.43. The van der Waals surface area contributed by atoms with Gasteiger partial charge in [0.05, 0.1) is 13.3 Å². The van der Waals surface area contributed by atoms with Gasteiger partial charge in [-0.15, -0.1) is 5.10 Å². The second kappa shape index (κ2) is 9.18. The van der Waals surface area contributed by atoms with Crippen LogP contribution in [0.1, 0.15) is 17.5 Å². The molecule has 0 radical (unpaired) electrons. The minimum atomic E-state index is -0.531. The van der Waals surface area contributed by atoms with E-state index in [2.05, 4.69) is 20.8 Å². The maximum Gasteiger partial charge on any atom is 0.240 e. The molecule has 7 nitrogen and oxygen atoms in total. The molecule has 0 aliphatic carbocycles. The highest BCUT2D eigenvalue weighted by atomic mass is 32.2. The fourth-order valence-corrected chi connectivity index (χ4v) is 3.40. The molecule has 0 aromatic heterocycles. The number of nitrogens with one attached hydrogen (secondary N) is 2. The maximum atomic E-state index is 12.2. The van der Waals surface area contributed by atoms with Gasteiger partial charge >= 0.3 is 0 Å². The minimum Gasteiger partial charge on any atom is -0.497 e. The van der Waals surface area contributed by atoms with Crippen molar-refractivity contribution in [3.8, 4) is 5.75 Å². The molecule has 2 N–H and O–H groups in total. The third-order valence-electron chi connectivity index (χ3n) is 3.93. The fraction of sp³-hybridized carbons (Fsp3) is 0.200. The summed E-state index contributed by atoms with van der Waals surface area (Å²) < 4.78 is 5.15. The number of methoxy groups -OCH3 is 1. The molecule has 2 aromatic carbocycles. The van der Waals surface area contributed by atoms with E-state index in [0.717, 1.165) is 16.9 Å². The molecule has 0 spiro atoms. The predicted octanol–water partition coefficient (Wildman–Crippen LogP) is 2.95. The van der Waals surface area contributed by atoms with Crippen molar-refractivity contribution in [2.45, 2.75) is 18.6 Å². The van der Waals surface area contributed by atoms with Crippen LogP contribution in [0.25, 0.3) is 0 Å². The molecule has 2 aromatic rings. The number of rotatable bonds is 6. The van der Waals surface area contributed by atoms with E-state index < -0.39 is 5.25 Å². The van der Waals surface area contributed by atoms with Crippen molar-refractivity contribution in [2.75, 3.05) is 12.4 Å². The Kier molecular flexibility index (Phi) is 6.44. The average molecular weight is 396 g/mol. The van der Waals surface area contributed by atoms with Gasteiger partial charge in [-0.2, -0.15) is 5.10 Å². The summed E-state index contributed by atoms with van der Waals surface area (Å²) in [5.74, 6) is 0.247. The fourth-order valence-electron chi connectivity index (χ4n) is 2.47. The second-order valence-corrected chi connectivity index (χ2v) is 7.33. The molecule has 8 heteroatoms. The number of nitrogens with zero attached hydrogens (tertiary/aromatic N) is 2. The number of aryl methyl sites for hydroxylation is 1. The Bertz CT molecular complexity index is 925. The summed E-state index contributed by atoms with van der Waals surface area (Å²) in [4.78, 5) is 24.3. The summed E-state index contributed by atoms with van der Waals surface area (Å²) in [6.07, 6.45) is 1.63. The lowest BCUT2D eigenvalue weighted by molar-refractivity contribution is -0.122. The molecule has 1 aliphatic rings. The molecule has 1 unspecified atom stereocenters. The lowest BCUT2D eigenvalue weighted by Gasteiger charge is -2.07. The zero-order chi connectivity index (χ0) is 19.9. The van der Waals surface area contributed by atoms with Gasteiger partial charge in [0.15, 0.2) is 5.17 Å². The zero-order valence-corrected chi connectivity index (χ0v) is 16.3. The number of amidine groups is 1. The quantitative estimate of drug-likeness (QED) is 0.580. The molecular formula is C20H20N4O3S. The zero-order valence-electron chi connectivity index (χ0n) is 15.5. The first-order valence-electron chi connectivity index (χ1n) is 8.62. The number of anilines is 1. The molecule has 1 fully saturated rings. The van der Waals surface area contributed by atoms with Crippen LogP contribution in [0.15, 0.2) is 58.7 Å². The van der Waals surface area contributed by atoms with E-state index in [1.165, 1.54) is 11.8 Å². The molecular weight excluding hydrogens is 376 g/mol. The van der Waals surface area contributed by atoms with Crippen molar-refractivity contribution < 1.29 is 14.3 Å². The Morgan fingerprint density at radius 1 is 1.29 bits per heavy atom. The average Bonchev–Trinajstić information content (AvgIpc) is 3.03. The normalized spacial score (nSPS) is 17.7. The lowest BCUT2D eigenvalue weighted by atomic mass is 10.2. The largest absolute Gasteiger partial charge is 0.497 e. The van der Waals surface area contributed by atoms with Crippen molar-refractivity contribution in [3.63, 3.8) is 0 Å². The summed E-state index contributed by atoms with van der Waals surface area (Å²) in [5.41, 5.74) is 2.64. The van der Waals surface area contributed by atoms with E-state index in [1.807, 2.05) is 55.5 Å². The Morgan fingerprint density at radius 2 is 2.07 bits per heavy atom. The molecule has 1 heterocycles. The molecule has 1 saturated heterocycles. The van der Waals surface area contributed by atoms with Crippen LogP contribution in [0.3, 0.4) is 0 Å². The predicted molar refractivity (Wildman–Crippen MR) is 112 cm³/mol. The van der Waals surface area contributed by atoms with Crippen LogP contribution in [0, 0.1) is 6.92 Å². The number of carbonyl (C=O) groups is 2. The number of benzene rings is 2. The summed E-state index contributed by atoms with van der Waals surface area (Å²) in [5, 5.41) is 13.3. The maximum absolute atomic E-state index is 12.2. The van der Waals surface area contributed by atoms with E-state index in [-0.39, 0.29) is 18.2 Å². The number of amides is 2. The Labute approximate surface area is 167 Å². The first-order chi connectivity index (χ1) is 13.5. The van der Waals surface area contributed by atoms with E-state index in [4.69, 9.17) is 4.74 Å². The number of carbonyl (C=O) groups excluding carboxylic acids is 2. The number of hydrogen-bond acceptors (Lipinski definition) is 6. The monoisotopic (exact) mass is 396 g/mol. The van der Waals surface area contributed by atoms with Crippen LogP contribution >= 0.6 is 11.8 Å². The topological polar surface area (TPSA) is 92.2 Å². The van der Waals surface area contributed by atoms with Crippen molar-refractivity contribution >= 4 is 40.6 Å². The minimum absolute atomic E-state index is 0.0585. The summed E-state index contributed by atoms with van der Waals surface area (Å²) in [7, 11) is 1.59. The molecule has 1 atom stereocenters. The van der Waals surface area contributed by atoms with E-state index >= 15 is 0 Å². The van der Waals surface area contributed by atoms with Crippen molar-refractivity contribution in [1.82, 2.24) is 5.32 Å². The van der Waals surface area contributed by atoms with E-state index in [9.17, 15) is 9.59 Å². The van der Waals surface area contributed by atoms with Crippen LogP contribution in [-0.2, 0) is 9.59 Å². The van der Waals surface area contributed by atoms with Crippen LogP contribution in [-0.4, -0.2) is 35.6 Å². The molecule has 1 aliphatic heterocycles. The number of thioether (sulfide) groups is 1. The molecule has 3 rings (SSSR count). The van der Waals surface area contributed by atoms with Crippen LogP contribution in [0.5, 0.6) is 5.75 Å². The summed E-state index contributed by atoms with van der Waals surface area (Å²) in [6, 6.07) is 14.9. The van der Waals surface area contributed by atoms with Gasteiger partial charge in [-0.1, -0.05) is 41.6 Å². The SMILES string of the molecule is COc1cccc(/C=N/N=C2\NC(=O)C(CC(=O)Nc3ccc(C)cc3)S2)c1. The smallest absolute Gasteiger partial charge is 0.240 e. The molecule has 2 amide bonds. The second-order valence-electron chi connectivity index (χ2n) is 6.14. The van der Waals surface area contributed by atoms with Gasteiger partial charge in [-0.3, -0.25) is 9.59 Å². The first kappa shape index (κ1) is 19.6. The van der Waals surface area contributed by atoms with Gasteiger partial charge < -0.3 is 15.4 Å². The van der Waals surface area contributed by atoms with Crippen molar-refractivity contribution in [2.24, 2.45) is 10.2 Å². The standard InChI is InChI=1S/C20H20N4O3S/c1-13-6-8-15(9-7-13)22-18(25)11-17-19(26)23-20(28-17)24-21-12-14-4-3-5-16(10-14)27-2/h3-10,12,17H,11H2,1-2H3,(H,22,25)(H,23,24,26)/b21-12+. The highest BCUT2D eigenvalue weighted by Gasteiger charge is 2.32. The molecule has 144 valence electrons. The molecule has 0 bridgehead atoms. The highest BCUT2D eigenvalue weighted by molar-refractivity contribution is 8.15. The van der Waals surface area contributed by atoms with Crippen LogP contribution in [0.4, 0.5) is 5.69 Å².